The molecule has 0 aliphatic carbocycles. The summed E-state index contributed by atoms with van der Waals surface area (Å²) in [6.45, 7) is 2.72. The van der Waals surface area contributed by atoms with Crippen molar-refractivity contribution < 1.29 is 9.59 Å². The first-order valence-electron chi connectivity index (χ1n) is 13.6. The Balaban J connectivity index is 1.32. The van der Waals surface area contributed by atoms with Crippen LogP contribution < -0.4 is 11.5 Å². The van der Waals surface area contributed by atoms with E-state index in [1.165, 1.54) is 0 Å². The molecular weight excluding hydrogens is 561 g/mol. The fourth-order valence-corrected chi connectivity index (χ4v) is 5.96. The molecule has 2 amide bonds. The van der Waals surface area contributed by atoms with Gasteiger partial charge in [0.05, 0.1) is 12.5 Å². The number of aromatic nitrogens is 3. The van der Waals surface area contributed by atoms with E-state index in [0.717, 1.165) is 21.9 Å². The largest absolute Gasteiger partial charge is 0.367 e. The third-order valence-electron chi connectivity index (χ3n) is 7.65. The Morgan fingerprint density at radius 3 is 2.56 bits per heavy atom. The predicted octanol–water partition coefficient (Wildman–Crippen LogP) is 4.02. The molecule has 3 aromatic carbocycles. The standard InChI is InChI=1S/C30H33Cl2N7O2/c1-18-16-39(29(41)26(33)14-22-8-9-23(31)15-25(22)32)24(10-11-27-35-30(34)37-36-27)17-38(18)28(40)13-19-6-7-20-4-2-3-5-21(20)12-19/h2-9,12,15,18,24,26H,10-11,13-14,16-17,33H2,1H3,(H3,34,35,36,37)/t18-,24+,26?/m1/s1. The molecule has 4 aromatic rings. The first-order chi connectivity index (χ1) is 19.7. The minimum atomic E-state index is -0.802. The highest BCUT2D eigenvalue weighted by Crippen LogP contribution is 2.25. The molecule has 41 heavy (non-hydrogen) atoms. The van der Waals surface area contributed by atoms with Crippen molar-refractivity contribution in [3.63, 3.8) is 0 Å². The second kappa shape index (κ2) is 12.5. The number of H-pyrrole nitrogens is 1. The van der Waals surface area contributed by atoms with Crippen LogP contribution in [0.25, 0.3) is 10.8 Å². The van der Waals surface area contributed by atoms with Gasteiger partial charge in [-0.1, -0.05) is 71.7 Å². The van der Waals surface area contributed by atoms with Crippen LogP contribution in [-0.4, -0.2) is 68.0 Å². The fraction of sp³-hybridized carbons (Fsp3) is 0.333. The minimum absolute atomic E-state index is 0.0195. The van der Waals surface area contributed by atoms with Crippen molar-refractivity contribution in [3.05, 3.63) is 87.7 Å². The number of carbonyl (C=O) groups is 2. The van der Waals surface area contributed by atoms with Gasteiger partial charge in [0.15, 0.2) is 0 Å². The number of aromatic amines is 1. The van der Waals surface area contributed by atoms with E-state index in [9.17, 15) is 9.59 Å². The maximum atomic E-state index is 13.7. The zero-order valence-electron chi connectivity index (χ0n) is 22.8. The van der Waals surface area contributed by atoms with Crippen LogP contribution in [0.3, 0.4) is 0 Å². The quantitative estimate of drug-likeness (QED) is 0.282. The number of fused-ring (bicyclic) bond motifs is 1. The third kappa shape index (κ3) is 6.81. The van der Waals surface area contributed by atoms with Gasteiger partial charge in [0.2, 0.25) is 17.8 Å². The Labute approximate surface area is 248 Å². The average Bonchev–Trinajstić information content (AvgIpc) is 3.37. The number of nitrogens with one attached hydrogen (secondary N) is 1. The Morgan fingerprint density at radius 2 is 1.83 bits per heavy atom. The van der Waals surface area contributed by atoms with Gasteiger partial charge in [0, 0.05) is 41.6 Å². The van der Waals surface area contributed by atoms with Gasteiger partial charge in [0.25, 0.3) is 0 Å². The molecule has 0 radical (unpaired) electrons. The molecule has 1 unspecified atom stereocenters. The molecule has 214 valence electrons. The number of halogens is 2. The van der Waals surface area contributed by atoms with Gasteiger partial charge in [-0.25, -0.2) is 0 Å². The lowest BCUT2D eigenvalue weighted by Crippen LogP contribution is -2.63. The van der Waals surface area contributed by atoms with Crippen LogP contribution in [0.5, 0.6) is 0 Å². The van der Waals surface area contributed by atoms with E-state index in [1.807, 2.05) is 42.2 Å². The van der Waals surface area contributed by atoms with Crippen molar-refractivity contribution >= 4 is 51.7 Å². The number of hydrogen-bond acceptors (Lipinski definition) is 6. The van der Waals surface area contributed by atoms with Crippen LogP contribution >= 0.6 is 23.2 Å². The molecule has 0 spiro atoms. The number of benzene rings is 3. The summed E-state index contributed by atoms with van der Waals surface area (Å²) < 4.78 is 0. The molecule has 2 heterocycles. The highest BCUT2D eigenvalue weighted by Gasteiger charge is 2.38. The van der Waals surface area contributed by atoms with E-state index in [0.29, 0.717) is 41.8 Å². The van der Waals surface area contributed by atoms with E-state index in [2.05, 4.69) is 27.3 Å². The van der Waals surface area contributed by atoms with E-state index in [-0.39, 0.29) is 42.7 Å². The molecule has 5 rings (SSSR count). The number of nitrogen functional groups attached to an aromatic ring is 1. The molecule has 3 atom stereocenters. The van der Waals surface area contributed by atoms with Gasteiger partial charge in [-0.3, -0.25) is 14.7 Å². The van der Waals surface area contributed by atoms with Crippen molar-refractivity contribution in [1.29, 1.82) is 0 Å². The molecule has 0 saturated carbocycles. The number of aryl methyl sites for hydroxylation is 1. The number of hydrogen-bond donors (Lipinski definition) is 3. The minimum Gasteiger partial charge on any atom is -0.367 e. The molecule has 9 nitrogen and oxygen atoms in total. The zero-order valence-corrected chi connectivity index (χ0v) is 24.3. The van der Waals surface area contributed by atoms with E-state index in [4.69, 9.17) is 34.7 Å². The summed E-state index contributed by atoms with van der Waals surface area (Å²) in [5.41, 5.74) is 13.8. The number of nitrogens with two attached hydrogens (primary N) is 2. The van der Waals surface area contributed by atoms with Crippen LogP contribution in [0.4, 0.5) is 5.95 Å². The summed E-state index contributed by atoms with van der Waals surface area (Å²) in [5, 5.41) is 9.95. The van der Waals surface area contributed by atoms with Gasteiger partial charge >= 0.3 is 0 Å². The Bertz CT molecular complexity index is 1560. The summed E-state index contributed by atoms with van der Waals surface area (Å²) >= 11 is 12.4. The van der Waals surface area contributed by atoms with Crippen LogP contribution in [0.15, 0.2) is 60.7 Å². The topological polar surface area (TPSA) is 134 Å². The molecule has 5 N–H and O–H groups in total. The summed E-state index contributed by atoms with van der Waals surface area (Å²) in [6, 6.07) is 18.1. The van der Waals surface area contributed by atoms with Crippen molar-refractivity contribution in [2.24, 2.45) is 5.73 Å². The lowest BCUT2D eigenvalue weighted by atomic mass is 9.98. The maximum Gasteiger partial charge on any atom is 0.240 e. The molecule has 0 bridgehead atoms. The van der Waals surface area contributed by atoms with Gasteiger partial charge in [-0.15, -0.1) is 5.10 Å². The lowest BCUT2D eigenvalue weighted by Gasteiger charge is -2.46. The smallest absolute Gasteiger partial charge is 0.240 e. The van der Waals surface area contributed by atoms with Gasteiger partial charge in [-0.2, -0.15) is 4.98 Å². The van der Waals surface area contributed by atoms with Crippen LogP contribution in [0.1, 0.15) is 30.3 Å². The zero-order chi connectivity index (χ0) is 29.1. The molecule has 1 fully saturated rings. The van der Waals surface area contributed by atoms with Gasteiger partial charge < -0.3 is 21.3 Å². The second-order valence-corrected chi connectivity index (χ2v) is 11.5. The number of amides is 2. The van der Waals surface area contributed by atoms with Gasteiger partial charge in [-0.05, 0) is 53.8 Å². The number of rotatable bonds is 8. The second-order valence-electron chi connectivity index (χ2n) is 10.6. The summed E-state index contributed by atoms with van der Waals surface area (Å²) in [4.78, 5) is 35.2. The van der Waals surface area contributed by atoms with E-state index >= 15 is 0 Å². The predicted molar refractivity (Wildman–Crippen MR) is 162 cm³/mol. The van der Waals surface area contributed by atoms with E-state index in [1.54, 1.807) is 23.1 Å². The van der Waals surface area contributed by atoms with Crippen LogP contribution in [0, 0.1) is 0 Å². The normalized spacial score (nSPS) is 18.0. The molecule has 1 aliphatic heterocycles. The highest BCUT2D eigenvalue weighted by molar-refractivity contribution is 6.35. The summed E-state index contributed by atoms with van der Waals surface area (Å²) in [7, 11) is 0. The summed E-state index contributed by atoms with van der Waals surface area (Å²) in [5.74, 6) is 0.622. The van der Waals surface area contributed by atoms with Crippen molar-refractivity contribution in [1.82, 2.24) is 25.0 Å². The molecule has 1 saturated heterocycles. The Morgan fingerprint density at radius 1 is 1.05 bits per heavy atom. The number of nitrogens with zero attached hydrogens (tertiary/aromatic N) is 4. The molecule has 1 aliphatic rings. The van der Waals surface area contributed by atoms with Crippen LogP contribution in [-0.2, 0) is 28.9 Å². The fourth-order valence-electron chi connectivity index (χ4n) is 5.48. The van der Waals surface area contributed by atoms with Crippen molar-refractivity contribution in [3.8, 4) is 0 Å². The first kappa shape index (κ1) is 28.9. The lowest BCUT2D eigenvalue weighted by molar-refractivity contribution is -0.147. The van der Waals surface area contributed by atoms with Crippen molar-refractivity contribution in [2.45, 2.75) is 50.7 Å². The number of anilines is 1. The van der Waals surface area contributed by atoms with E-state index < -0.39 is 6.04 Å². The maximum absolute atomic E-state index is 13.7. The molecule has 1 aromatic heterocycles. The first-order valence-corrected chi connectivity index (χ1v) is 14.4. The SMILES string of the molecule is C[C@@H]1CN(C(=O)C(N)Cc2ccc(Cl)cc2Cl)[C@@H](CCc2nc(N)n[nH]2)CN1C(=O)Cc1ccc2ccccc2c1. The van der Waals surface area contributed by atoms with Gasteiger partial charge in [0.1, 0.15) is 5.82 Å². The number of carbonyl (C=O) groups excluding carboxylic acids is 2. The Hall–Kier alpha value is -3.66. The number of piperazine rings is 1. The Kier molecular flexibility index (Phi) is 8.77. The summed E-state index contributed by atoms with van der Waals surface area (Å²) in [6.07, 6.45) is 1.62. The highest BCUT2D eigenvalue weighted by atomic mass is 35.5. The monoisotopic (exact) mass is 593 g/mol. The molecule has 11 heteroatoms. The third-order valence-corrected chi connectivity index (χ3v) is 8.24. The van der Waals surface area contributed by atoms with Crippen LogP contribution in [0.2, 0.25) is 10.0 Å². The average molecular weight is 595 g/mol. The van der Waals surface area contributed by atoms with Crippen molar-refractivity contribution in [2.75, 3.05) is 18.8 Å². The molecular formula is C30H33Cl2N7O2.